The molecule has 1 heterocycles. The number of carbonyl (C=O) groups excluding carboxylic acids is 1. The van der Waals surface area contributed by atoms with E-state index in [9.17, 15) is 20.0 Å². The van der Waals surface area contributed by atoms with Gasteiger partial charge in [-0.1, -0.05) is 13.3 Å². The number of fused-ring (bicyclic) bond motifs is 1. The molecule has 2 aromatic rings. The quantitative estimate of drug-likeness (QED) is 0.436. The highest BCUT2D eigenvalue weighted by Crippen LogP contribution is 2.39. The smallest absolute Gasteiger partial charge is 0.269 e. The Bertz CT molecular complexity index is 935. The van der Waals surface area contributed by atoms with Crippen molar-refractivity contribution in [3.63, 3.8) is 0 Å². The van der Waals surface area contributed by atoms with Crippen molar-refractivity contribution < 1.29 is 24.5 Å². The van der Waals surface area contributed by atoms with Crippen molar-refractivity contribution >= 4 is 17.5 Å². The highest BCUT2D eigenvalue weighted by Gasteiger charge is 2.32. The molecule has 1 aliphatic rings. The lowest BCUT2D eigenvalue weighted by atomic mass is 10.0. The lowest BCUT2D eigenvalue weighted by Crippen LogP contribution is -3.07. The molecule has 7 heteroatoms. The Balaban J connectivity index is 1.87. The van der Waals surface area contributed by atoms with Gasteiger partial charge in [0, 0.05) is 12.1 Å². The minimum absolute atomic E-state index is 0.0191. The molecule has 3 rings (SSSR count). The zero-order valence-corrected chi connectivity index (χ0v) is 15.9. The summed E-state index contributed by atoms with van der Waals surface area (Å²) in [5, 5.41) is 21.1. The number of phenols is 1. The van der Waals surface area contributed by atoms with Crippen LogP contribution in [0.15, 0.2) is 42.2 Å². The number of nitrogens with one attached hydrogen (secondary N) is 1. The van der Waals surface area contributed by atoms with Gasteiger partial charge < -0.3 is 14.7 Å². The molecule has 0 aliphatic carbocycles. The van der Waals surface area contributed by atoms with Gasteiger partial charge in [-0.3, -0.25) is 14.9 Å². The molecule has 2 N–H and O–H groups in total. The van der Waals surface area contributed by atoms with Gasteiger partial charge in [0.1, 0.15) is 12.3 Å². The first-order valence-electron chi connectivity index (χ1n) is 9.25. The molecule has 0 saturated carbocycles. The Morgan fingerprint density at radius 1 is 1.21 bits per heavy atom. The van der Waals surface area contributed by atoms with Crippen LogP contribution in [-0.4, -0.2) is 29.4 Å². The highest BCUT2D eigenvalue weighted by atomic mass is 16.6. The number of hydrogen-bond donors (Lipinski definition) is 2. The van der Waals surface area contributed by atoms with Crippen molar-refractivity contribution in [3.05, 3.63) is 69.0 Å². The number of Topliss-reactive ketones (excluding diaryl/α,β-unsaturated/α-hetero) is 1. The molecule has 2 aromatic carbocycles. The molecule has 0 radical (unpaired) electrons. The number of non-ortho nitro benzene ring substituents is 1. The van der Waals surface area contributed by atoms with Crippen LogP contribution in [0.5, 0.6) is 11.5 Å². The number of hydrogen-bond acceptors (Lipinski definition) is 5. The van der Waals surface area contributed by atoms with Crippen LogP contribution in [0, 0.1) is 10.1 Å². The van der Waals surface area contributed by atoms with Crippen LogP contribution in [-0.2, 0) is 6.54 Å². The van der Waals surface area contributed by atoms with E-state index in [-0.39, 0.29) is 23.0 Å². The van der Waals surface area contributed by atoms with Crippen LogP contribution >= 0.6 is 0 Å². The predicted octanol–water partition coefficient (Wildman–Crippen LogP) is 2.73. The fourth-order valence-electron chi connectivity index (χ4n) is 3.18. The molecule has 1 aliphatic heterocycles. The standard InChI is InChI=1S/C21H22N2O5/c1-3-4-11-22(2)13-17-18(24)10-9-16-20(25)19(28-21(16)17)12-14-5-7-15(8-6-14)23(26)27/h5-10,12,24H,3-4,11,13H2,1-2H3/p+1/b19-12+. The second-order valence-electron chi connectivity index (χ2n) is 6.97. The van der Waals surface area contributed by atoms with Crippen LogP contribution in [0.4, 0.5) is 5.69 Å². The summed E-state index contributed by atoms with van der Waals surface area (Å²) in [5.74, 6) is 0.385. The van der Waals surface area contributed by atoms with E-state index < -0.39 is 4.92 Å². The number of quaternary nitrogens is 1. The Morgan fingerprint density at radius 2 is 1.93 bits per heavy atom. The molecule has 0 aromatic heterocycles. The topological polar surface area (TPSA) is 94.1 Å². The zero-order chi connectivity index (χ0) is 20.3. The van der Waals surface area contributed by atoms with Gasteiger partial charge in [0.15, 0.2) is 11.5 Å². The molecular weight excluding hydrogens is 360 g/mol. The zero-order valence-electron chi connectivity index (χ0n) is 15.9. The second-order valence-corrected chi connectivity index (χ2v) is 6.97. The largest absolute Gasteiger partial charge is 0.507 e. The first-order valence-corrected chi connectivity index (χ1v) is 9.25. The monoisotopic (exact) mass is 383 g/mol. The Hall–Kier alpha value is -3.19. The van der Waals surface area contributed by atoms with Crippen molar-refractivity contribution in [3.8, 4) is 11.5 Å². The van der Waals surface area contributed by atoms with Gasteiger partial charge in [-0.2, -0.15) is 0 Å². The van der Waals surface area contributed by atoms with Crippen LogP contribution in [0.2, 0.25) is 0 Å². The number of nitro groups is 1. The second kappa shape index (κ2) is 8.22. The number of aromatic hydroxyl groups is 1. The summed E-state index contributed by atoms with van der Waals surface area (Å²) in [5.41, 5.74) is 1.64. The Morgan fingerprint density at radius 3 is 2.57 bits per heavy atom. The highest BCUT2D eigenvalue weighted by molar-refractivity contribution is 6.15. The van der Waals surface area contributed by atoms with Crippen molar-refractivity contribution in [2.24, 2.45) is 0 Å². The van der Waals surface area contributed by atoms with Crippen LogP contribution in [0.3, 0.4) is 0 Å². The minimum Gasteiger partial charge on any atom is -0.507 e. The third-order valence-corrected chi connectivity index (χ3v) is 4.75. The predicted molar refractivity (Wildman–Crippen MR) is 105 cm³/mol. The van der Waals surface area contributed by atoms with Crippen LogP contribution in [0.1, 0.15) is 41.3 Å². The first-order chi connectivity index (χ1) is 13.4. The number of unbranched alkanes of at least 4 members (excludes halogenated alkanes) is 1. The van der Waals surface area contributed by atoms with Gasteiger partial charge in [0.05, 0.1) is 29.6 Å². The summed E-state index contributed by atoms with van der Waals surface area (Å²) in [6.45, 7) is 3.63. The van der Waals surface area contributed by atoms with E-state index in [0.717, 1.165) is 19.4 Å². The number of nitro benzene ring substituents is 1. The summed E-state index contributed by atoms with van der Waals surface area (Å²) in [6.07, 6.45) is 3.72. The average molecular weight is 383 g/mol. The van der Waals surface area contributed by atoms with E-state index in [1.165, 1.54) is 23.1 Å². The third kappa shape index (κ3) is 4.04. The Kier molecular flexibility index (Phi) is 5.75. The molecule has 28 heavy (non-hydrogen) atoms. The maximum atomic E-state index is 12.7. The summed E-state index contributed by atoms with van der Waals surface area (Å²) < 4.78 is 5.82. The maximum Gasteiger partial charge on any atom is 0.269 e. The van der Waals surface area contributed by atoms with Gasteiger partial charge in [-0.25, -0.2) is 0 Å². The van der Waals surface area contributed by atoms with Crippen molar-refractivity contribution in [2.75, 3.05) is 13.6 Å². The molecule has 0 spiro atoms. The molecule has 7 nitrogen and oxygen atoms in total. The number of ketones is 1. The average Bonchev–Trinajstić information content (AvgIpc) is 2.98. The molecule has 0 fully saturated rings. The number of phenolic OH excluding ortho intramolecular Hbond substituents is 1. The van der Waals surface area contributed by atoms with Crippen LogP contribution < -0.4 is 9.64 Å². The fourth-order valence-corrected chi connectivity index (χ4v) is 3.18. The van der Waals surface area contributed by atoms with E-state index in [4.69, 9.17) is 4.74 Å². The molecule has 0 saturated heterocycles. The molecular formula is C21H23N2O5+. The molecule has 0 bridgehead atoms. The fraction of sp³-hybridized carbons (Fsp3) is 0.286. The maximum absolute atomic E-state index is 12.7. The lowest BCUT2D eigenvalue weighted by Gasteiger charge is -2.16. The molecule has 0 amide bonds. The summed E-state index contributed by atoms with van der Waals surface area (Å²) in [4.78, 5) is 24.2. The van der Waals surface area contributed by atoms with E-state index in [1.807, 2.05) is 7.05 Å². The first kappa shape index (κ1) is 19.6. The van der Waals surface area contributed by atoms with Crippen molar-refractivity contribution in [1.82, 2.24) is 0 Å². The third-order valence-electron chi connectivity index (χ3n) is 4.75. The van der Waals surface area contributed by atoms with E-state index in [0.29, 0.717) is 29.0 Å². The number of nitrogens with zero attached hydrogens (tertiary/aromatic N) is 1. The normalized spacial score (nSPS) is 15.4. The van der Waals surface area contributed by atoms with Gasteiger partial charge in [0.25, 0.3) is 5.69 Å². The number of rotatable bonds is 7. The van der Waals surface area contributed by atoms with Gasteiger partial charge >= 0.3 is 0 Å². The van der Waals surface area contributed by atoms with Crippen molar-refractivity contribution in [1.29, 1.82) is 0 Å². The number of benzene rings is 2. The molecule has 146 valence electrons. The number of allylic oxidation sites excluding steroid dienone is 1. The molecule has 1 unspecified atom stereocenters. The van der Waals surface area contributed by atoms with E-state index in [2.05, 4.69) is 6.92 Å². The van der Waals surface area contributed by atoms with Gasteiger partial charge in [-0.05, 0) is 42.3 Å². The summed E-state index contributed by atoms with van der Waals surface area (Å²) >= 11 is 0. The summed E-state index contributed by atoms with van der Waals surface area (Å²) in [6, 6.07) is 8.97. The number of ether oxygens (including phenoxy) is 1. The van der Waals surface area contributed by atoms with Crippen LogP contribution in [0.25, 0.3) is 6.08 Å². The van der Waals surface area contributed by atoms with E-state index in [1.54, 1.807) is 24.3 Å². The van der Waals surface area contributed by atoms with Crippen molar-refractivity contribution in [2.45, 2.75) is 26.3 Å². The Labute approximate surface area is 163 Å². The lowest BCUT2D eigenvalue weighted by molar-refractivity contribution is -0.894. The van der Waals surface area contributed by atoms with Gasteiger partial charge in [-0.15, -0.1) is 0 Å². The summed E-state index contributed by atoms with van der Waals surface area (Å²) in [7, 11) is 2.04. The molecule has 1 atom stereocenters. The SMILES string of the molecule is CCCC[NH+](C)Cc1c(O)ccc2c1O/C(=C/c1ccc([N+](=O)[O-])cc1)C2=O. The van der Waals surface area contributed by atoms with E-state index >= 15 is 0 Å². The number of carbonyl (C=O) groups is 1. The van der Waals surface area contributed by atoms with Gasteiger partial charge in [0.2, 0.25) is 5.78 Å². The minimum atomic E-state index is -0.476.